The van der Waals surface area contributed by atoms with Gasteiger partial charge in [0.05, 0.1) is 6.61 Å². The van der Waals surface area contributed by atoms with Gasteiger partial charge in [-0.2, -0.15) is 0 Å². The molecule has 1 aliphatic heterocycles. The van der Waals surface area contributed by atoms with Crippen LogP contribution in [-0.4, -0.2) is 31.6 Å². The van der Waals surface area contributed by atoms with E-state index in [-0.39, 0.29) is 11.9 Å². The highest BCUT2D eigenvalue weighted by atomic mass is 16.5. The van der Waals surface area contributed by atoms with Crippen LogP contribution < -0.4 is 5.32 Å². The Morgan fingerprint density at radius 3 is 2.50 bits per heavy atom. The first-order valence-corrected chi connectivity index (χ1v) is 5.94. The van der Waals surface area contributed by atoms with Crippen molar-refractivity contribution in [2.75, 3.05) is 19.7 Å². The zero-order valence-corrected chi connectivity index (χ0v) is 10.5. The van der Waals surface area contributed by atoms with Gasteiger partial charge in [0.2, 0.25) is 0 Å². The van der Waals surface area contributed by atoms with E-state index < -0.39 is 0 Å². The number of ether oxygens (including phenoxy) is 1. The quantitative estimate of drug-likeness (QED) is 0.828. The van der Waals surface area contributed by atoms with Crippen molar-refractivity contribution in [1.29, 1.82) is 0 Å². The summed E-state index contributed by atoms with van der Waals surface area (Å²) >= 11 is 0. The summed E-state index contributed by atoms with van der Waals surface area (Å²) in [5.74, 6) is -0.0350. The summed E-state index contributed by atoms with van der Waals surface area (Å²) < 4.78 is 5.15. The third-order valence-corrected chi connectivity index (χ3v) is 2.48. The summed E-state index contributed by atoms with van der Waals surface area (Å²) in [6, 6.07) is 10.0. The Morgan fingerprint density at radius 2 is 2.06 bits per heavy atom. The van der Waals surface area contributed by atoms with E-state index in [0.29, 0.717) is 13.2 Å². The average molecular weight is 245 g/mol. The minimum atomic E-state index is -0.300. The van der Waals surface area contributed by atoms with Crippen LogP contribution in [0.15, 0.2) is 49.6 Å². The van der Waals surface area contributed by atoms with Crippen LogP contribution in [0.4, 0.5) is 0 Å². The number of morpholine rings is 1. The van der Waals surface area contributed by atoms with Crippen LogP contribution in [0.5, 0.6) is 0 Å². The lowest BCUT2D eigenvalue weighted by Gasteiger charge is -2.20. The minimum absolute atomic E-state index is 0.0350. The van der Waals surface area contributed by atoms with Gasteiger partial charge in [0.25, 0.3) is 0 Å². The van der Waals surface area contributed by atoms with Crippen molar-refractivity contribution >= 4 is 11.9 Å². The molecule has 0 amide bonds. The number of nitrogens with one attached hydrogen (secondary N) is 1. The molecule has 1 atom stereocenters. The van der Waals surface area contributed by atoms with Gasteiger partial charge >= 0.3 is 0 Å². The second kappa shape index (κ2) is 8.39. The first-order chi connectivity index (χ1) is 8.77. The first-order valence-electron chi connectivity index (χ1n) is 5.94. The van der Waals surface area contributed by atoms with Crippen molar-refractivity contribution in [3.8, 4) is 0 Å². The van der Waals surface area contributed by atoms with Crippen LogP contribution in [0.25, 0.3) is 6.08 Å². The molecule has 1 aromatic rings. The topological polar surface area (TPSA) is 38.3 Å². The van der Waals surface area contributed by atoms with Crippen LogP contribution in [0, 0.1) is 0 Å². The molecule has 0 spiro atoms. The monoisotopic (exact) mass is 245 g/mol. The van der Waals surface area contributed by atoms with Crippen LogP contribution >= 0.6 is 0 Å². The summed E-state index contributed by atoms with van der Waals surface area (Å²) in [7, 11) is 0. The summed E-state index contributed by atoms with van der Waals surface area (Å²) in [4.78, 5) is 10.9. The molecule has 0 aliphatic carbocycles. The van der Waals surface area contributed by atoms with E-state index in [1.165, 1.54) is 11.6 Å². The number of hydrogen-bond donors (Lipinski definition) is 1. The van der Waals surface area contributed by atoms with Gasteiger partial charge in [0, 0.05) is 13.1 Å². The summed E-state index contributed by atoms with van der Waals surface area (Å²) in [6.45, 7) is 9.07. The second-order valence-electron chi connectivity index (χ2n) is 3.78. The lowest BCUT2D eigenvalue weighted by Crippen LogP contribution is -2.42. The molecule has 1 heterocycles. The number of carbonyl (C=O) groups is 1. The zero-order valence-electron chi connectivity index (χ0n) is 10.5. The van der Waals surface area contributed by atoms with Gasteiger partial charge in [0.1, 0.15) is 6.10 Å². The molecule has 0 aromatic heterocycles. The molecule has 0 bridgehead atoms. The molecule has 1 saturated heterocycles. The Labute approximate surface area is 108 Å². The van der Waals surface area contributed by atoms with Gasteiger partial charge < -0.3 is 10.1 Å². The highest BCUT2D eigenvalue weighted by molar-refractivity contribution is 5.93. The van der Waals surface area contributed by atoms with Gasteiger partial charge in [-0.3, -0.25) is 4.79 Å². The average Bonchev–Trinajstić information content (AvgIpc) is 2.49. The van der Waals surface area contributed by atoms with E-state index in [1.54, 1.807) is 0 Å². The Balaban J connectivity index is 0.000000184. The lowest BCUT2D eigenvalue weighted by atomic mass is 10.2. The Morgan fingerprint density at radius 1 is 1.33 bits per heavy atom. The molecular formula is C15H19NO2. The van der Waals surface area contributed by atoms with E-state index in [0.717, 1.165) is 6.54 Å². The molecule has 1 aromatic carbocycles. The summed E-state index contributed by atoms with van der Waals surface area (Å²) in [6.07, 6.45) is 2.84. The van der Waals surface area contributed by atoms with Crippen molar-refractivity contribution in [3.63, 3.8) is 0 Å². The maximum atomic E-state index is 10.9. The van der Waals surface area contributed by atoms with Crippen molar-refractivity contribution in [2.24, 2.45) is 0 Å². The van der Waals surface area contributed by atoms with Crippen LogP contribution in [0.2, 0.25) is 0 Å². The third kappa shape index (κ3) is 5.08. The summed E-state index contributed by atoms with van der Waals surface area (Å²) in [5.41, 5.74) is 1.17. The molecule has 1 fully saturated rings. The van der Waals surface area contributed by atoms with Crippen LogP contribution in [0.1, 0.15) is 5.56 Å². The van der Waals surface area contributed by atoms with Crippen molar-refractivity contribution < 1.29 is 9.53 Å². The highest BCUT2D eigenvalue weighted by Crippen LogP contribution is 1.98. The molecule has 1 N–H and O–H groups in total. The number of rotatable bonds is 3. The number of hydrogen-bond acceptors (Lipinski definition) is 3. The van der Waals surface area contributed by atoms with E-state index in [9.17, 15) is 4.79 Å². The molecule has 1 aliphatic rings. The second-order valence-corrected chi connectivity index (χ2v) is 3.78. The molecule has 2 rings (SSSR count). The molecule has 3 nitrogen and oxygen atoms in total. The van der Waals surface area contributed by atoms with Crippen LogP contribution in [0.3, 0.4) is 0 Å². The Hall–Kier alpha value is -1.71. The maximum absolute atomic E-state index is 10.9. The Kier molecular flexibility index (Phi) is 6.69. The zero-order chi connectivity index (χ0) is 13.2. The molecule has 1 unspecified atom stereocenters. The molecule has 3 heteroatoms. The highest BCUT2D eigenvalue weighted by Gasteiger charge is 2.18. The van der Waals surface area contributed by atoms with E-state index in [4.69, 9.17) is 4.74 Å². The third-order valence-electron chi connectivity index (χ3n) is 2.48. The first kappa shape index (κ1) is 14.4. The lowest BCUT2D eigenvalue weighted by molar-refractivity contribution is -0.126. The molecule has 96 valence electrons. The van der Waals surface area contributed by atoms with Crippen molar-refractivity contribution in [2.45, 2.75) is 6.10 Å². The number of benzene rings is 1. The standard InChI is InChI=1S/C8H8.C7H11NO2/c1-2-8-6-4-3-5-7-8;1-2-6(9)7-5-8-3-4-10-7/h2-7H,1H2;2,7-8H,1,3-5H2. The molecule has 18 heavy (non-hydrogen) atoms. The molecule has 0 saturated carbocycles. The van der Waals surface area contributed by atoms with Gasteiger partial charge in [-0.25, -0.2) is 0 Å². The van der Waals surface area contributed by atoms with Crippen LogP contribution in [-0.2, 0) is 9.53 Å². The fourth-order valence-electron chi connectivity index (χ4n) is 1.47. The SMILES string of the molecule is C=CC(=O)C1CNCCO1.C=Cc1ccccc1. The van der Waals surface area contributed by atoms with Crippen molar-refractivity contribution in [1.82, 2.24) is 5.32 Å². The Bertz CT molecular complexity index is 381. The largest absolute Gasteiger partial charge is 0.367 e. The maximum Gasteiger partial charge on any atom is 0.185 e. The van der Waals surface area contributed by atoms with Gasteiger partial charge in [-0.05, 0) is 11.6 Å². The number of ketones is 1. The normalized spacial score (nSPS) is 18.1. The van der Waals surface area contributed by atoms with E-state index in [2.05, 4.69) is 18.5 Å². The van der Waals surface area contributed by atoms with Gasteiger partial charge in [-0.1, -0.05) is 49.6 Å². The summed E-state index contributed by atoms with van der Waals surface area (Å²) in [5, 5.41) is 3.06. The fraction of sp³-hybridized carbons (Fsp3) is 0.267. The van der Waals surface area contributed by atoms with Crippen molar-refractivity contribution in [3.05, 3.63) is 55.1 Å². The fourth-order valence-corrected chi connectivity index (χ4v) is 1.47. The smallest absolute Gasteiger partial charge is 0.185 e. The molecular weight excluding hydrogens is 226 g/mol. The predicted molar refractivity (Wildman–Crippen MR) is 74.3 cm³/mol. The predicted octanol–water partition coefficient (Wildman–Crippen LogP) is 2.06. The van der Waals surface area contributed by atoms with Gasteiger partial charge in [0.15, 0.2) is 5.78 Å². The van der Waals surface area contributed by atoms with E-state index in [1.807, 2.05) is 36.4 Å². The van der Waals surface area contributed by atoms with Gasteiger partial charge in [-0.15, -0.1) is 0 Å². The number of carbonyl (C=O) groups excluding carboxylic acids is 1. The minimum Gasteiger partial charge on any atom is -0.367 e. The molecule has 0 radical (unpaired) electrons. The van der Waals surface area contributed by atoms with E-state index >= 15 is 0 Å².